The third-order valence-electron chi connectivity index (χ3n) is 3.50. The number of amides is 2. The van der Waals surface area contributed by atoms with E-state index in [1.807, 2.05) is 17.9 Å². The van der Waals surface area contributed by atoms with E-state index in [1.165, 1.54) is 0 Å². The molecule has 0 N–H and O–H groups in total. The molecule has 2 rings (SSSR count). The molecule has 1 aromatic heterocycles. The number of allylic oxidation sites excluding steroid dienone is 1. The molecule has 1 saturated heterocycles. The van der Waals surface area contributed by atoms with E-state index in [0.29, 0.717) is 31.7 Å². The smallest absolute Gasteiger partial charge is 0.255 e. The molecule has 0 unspecified atom stereocenters. The molecule has 1 aromatic rings. The van der Waals surface area contributed by atoms with Gasteiger partial charge in [0, 0.05) is 38.6 Å². The lowest BCUT2D eigenvalue weighted by Crippen LogP contribution is -2.36. The van der Waals surface area contributed by atoms with Crippen molar-refractivity contribution in [2.75, 3.05) is 26.2 Å². The van der Waals surface area contributed by atoms with Gasteiger partial charge in [-0.05, 0) is 31.1 Å². The van der Waals surface area contributed by atoms with Gasteiger partial charge in [0.15, 0.2) is 0 Å². The Labute approximate surface area is 125 Å². The zero-order valence-corrected chi connectivity index (χ0v) is 12.4. The predicted molar refractivity (Wildman–Crippen MR) is 80.8 cm³/mol. The number of carbonyl (C=O) groups excluding carboxylic acids is 2. The van der Waals surface area contributed by atoms with Gasteiger partial charge < -0.3 is 9.80 Å². The van der Waals surface area contributed by atoms with Gasteiger partial charge >= 0.3 is 0 Å². The van der Waals surface area contributed by atoms with Crippen molar-refractivity contribution in [1.82, 2.24) is 14.8 Å². The van der Waals surface area contributed by atoms with E-state index in [4.69, 9.17) is 0 Å². The molecule has 5 heteroatoms. The molecule has 1 fully saturated rings. The van der Waals surface area contributed by atoms with E-state index in [-0.39, 0.29) is 11.8 Å². The van der Waals surface area contributed by atoms with Gasteiger partial charge in [0.2, 0.25) is 5.91 Å². The number of rotatable bonds is 3. The maximum atomic E-state index is 12.4. The van der Waals surface area contributed by atoms with Gasteiger partial charge in [-0.2, -0.15) is 0 Å². The first-order valence-corrected chi connectivity index (χ1v) is 7.37. The first-order chi connectivity index (χ1) is 10.2. The average molecular weight is 287 g/mol. The fourth-order valence-corrected chi connectivity index (χ4v) is 2.34. The molecule has 0 aromatic carbocycles. The van der Waals surface area contributed by atoms with Crippen LogP contribution < -0.4 is 0 Å². The Hall–Kier alpha value is -2.17. The van der Waals surface area contributed by atoms with Crippen LogP contribution in [-0.2, 0) is 4.79 Å². The van der Waals surface area contributed by atoms with Gasteiger partial charge in [-0.25, -0.2) is 0 Å². The Bertz CT molecular complexity index is 514. The highest BCUT2D eigenvalue weighted by atomic mass is 16.2. The SMILES string of the molecule is CC/C=C/C(=O)N1CCCN(C(=O)c2cccnc2)CC1. The van der Waals surface area contributed by atoms with Crippen LogP contribution in [0.2, 0.25) is 0 Å². The van der Waals surface area contributed by atoms with Crippen molar-refractivity contribution in [1.29, 1.82) is 0 Å². The second kappa shape index (κ2) is 7.57. The van der Waals surface area contributed by atoms with Crippen molar-refractivity contribution in [2.45, 2.75) is 19.8 Å². The number of pyridine rings is 1. The molecular weight excluding hydrogens is 266 g/mol. The first kappa shape index (κ1) is 15.2. The van der Waals surface area contributed by atoms with Crippen molar-refractivity contribution in [3.8, 4) is 0 Å². The third kappa shape index (κ3) is 4.15. The van der Waals surface area contributed by atoms with E-state index in [2.05, 4.69) is 4.98 Å². The van der Waals surface area contributed by atoms with E-state index < -0.39 is 0 Å². The lowest BCUT2D eigenvalue weighted by molar-refractivity contribution is -0.125. The second-order valence-electron chi connectivity index (χ2n) is 5.02. The van der Waals surface area contributed by atoms with Crippen molar-refractivity contribution in [2.24, 2.45) is 0 Å². The average Bonchev–Trinajstić information content (AvgIpc) is 2.79. The topological polar surface area (TPSA) is 53.5 Å². The summed E-state index contributed by atoms with van der Waals surface area (Å²) in [4.78, 5) is 31.9. The van der Waals surface area contributed by atoms with Crippen LogP contribution in [0.15, 0.2) is 36.7 Å². The quantitative estimate of drug-likeness (QED) is 0.795. The van der Waals surface area contributed by atoms with Crippen molar-refractivity contribution in [3.63, 3.8) is 0 Å². The molecule has 1 aliphatic heterocycles. The van der Waals surface area contributed by atoms with Gasteiger partial charge in [0.25, 0.3) is 5.91 Å². The largest absolute Gasteiger partial charge is 0.337 e. The van der Waals surface area contributed by atoms with Crippen LogP contribution in [0, 0.1) is 0 Å². The maximum absolute atomic E-state index is 12.4. The first-order valence-electron chi connectivity index (χ1n) is 7.37. The number of hydrogen-bond donors (Lipinski definition) is 0. The Morgan fingerprint density at radius 2 is 2.00 bits per heavy atom. The highest BCUT2D eigenvalue weighted by molar-refractivity contribution is 5.94. The lowest BCUT2D eigenvalue weighted by Gasteiger charge is -2.21. The molecule has 2 amide bonds. The summed E-state index contributed by atoms with van der Waals surface area (Å²) in [6, 6.07) is 3.53. The summed E-state index contributed by atoms with van der Waals surface area (Å²) in [5.74, 6) is 0.0222. The van der Waals surface area contributed by atoms with Crippen LogP contribution >= 0.6 is 0 Å². The van der Waals surface area contributed by atoms with Gasteiger partial charge in [-0.1, -0.05) is 13.0 Å². The Balaban J connectivity index is 1.96. The minimum absolute atomic E-state index is 0.0125. The second-order valence-corrected chi connectivity index (χ2v) is 5.02. The van der Waals surface area contributed by atoms with Crippen LogP contribution in [0.5, 0.6) is 0 Å². The van der Waals surface area contributed by atoms with Crippen molar-refractivity contribution in [3.05, 3.63) is 42.2 Å². The van der Waals surface area contributed by atoms with Crippen LogP contribution in [0.25, 0.3) is 0 Å². The Morgan fingerprint density at radius 3 is 2.71 bits per heavy atom. The van der Waals surface area contributed by atoms with Crippen molar-refractivity contribution < 1.29 is 9.59 Å². The van der Waals surface area contributed by atoms with Gasteiger partial charge in [-0.3, -0.25) is 14.6 Å². The van der Waals surface area contributed by atoms with Gasteiger partial charge in [-0.15, -0.1) is 0 Å². The molecule has 5 nitrogen and oxygen atoms in total. The molecule has 21 heavy (non-hydrogen) atoms. The van der Waals surface area contributed by atoms with Gasteiger partial charge in [0.05, 0.1) is 5.56 Å². The van der Waals surface area contributed by atoms with E-state index in [0.717, 1.165) is 12.8 Å². The third-order valence-corrected chi connectivity index (χ3v) is 3.50. The summed E-state index contributed by atoms with van der Waals surface area (Å²) in [6.07, 6.45) is 8.38. The number of aromatic nitrogens is 1. The summed E-state index contributed by atoms with van der Waals surface area (Å²) in [7, 11) is 0. The minimum Gasteiger partial charge on any atom is -0.337 e. The number of nitrogens with zero attached hydrogens (tertiary/aromatic N) is 3. The molecule has 0 bridgehead atoms. The molecule has 0 spiro atoms. The minimum atomic E-state index is -0.0125. The molecule has 2 heterocycles. The Kier molecular flexibility index (Phi) is 5.49. The molecule has 1 aliphatic rings. The molecule has 112 valence electrons. The molecule has 0 atom stereocenters. The fraction of sp³-hybridized carbons (Fsp3) is 0.438. The van der Waals surface area contributed by atoms with Gasteiger partial charge in [0.1, 0.15) is 0 Å². The summed E-state index contributed by atoms with van der Waals surface area (Å²) in [6.45, 7) is 4.53. The maximum Gasteiger partial charge on any atom is 0.255 e. The molecule has 0 saturated carbocycles. The van der Waals surface area contributed by atoms with Crippen LogP contribution in [0.1, 0.15) is 30.1 Å². The highest BCUT2D eigenvalue weighted by Gasteiger charge is 2.21. The van der Waals surface area contributed by atoms with E-state index in [1.54, 1.807) is 35.5 Å². The van der Waals surface area contributed by atoms with Crippen molar-refractivity contribution >= 4 is 11.8 Å². The normalized spacial score (nSPS) is 16.0. The summed E-state index contributed by atoms with van der Waals surface area (Å²) >= 11 is 0. The van der Waals surface area contributed by atoms with Crippen LogP contribution in [0.4, 0.5) is 0 Å². The van der Waals surface area contributed by atoms with Crippen LogP contribution in [0.3, 0.4) is 0 Å². The summed E-state index contributed by atoms with van der Waals surface area (Å²) in [5.41, 5.74) is 0.600. The van der Waals surface area contributed by atoms with E-state index in [9.17, 15) is 9.59 Å². The zero-order valence-electron chi connectivity index (χ0n) is 12.4. The number of carbonyl (C=O) groups is 2. The summed E-state index contributed by atoms with van der Waals surface area (Å²) in [5, 5.41) is 0. The van der Waals surface area contributed by atoms with E-state index >= 15 is 0 Å². The molecule has 0 radical (unpaired) electrons. The Morgan fingerprint density at radius 1 is 1.24 bits per heavy atom. The lowest BCUT2D eigenvalue weighted by atomic mass is 10.2. The fourth-order valence-electron chi connectivity index (χ4n) is 2.34. The van der Waals surface area contributed by atoms with Crippen LogP contribution in [-0.4, -0.2) is 52.8 Å². The summed E-state index contributed by atoms with van der Waals surface area (Å²) < 4.78 is 0. The monoisotopic (exact) mass is 287 g/mol. The molecular formula is C16H21N3O2. The zero-order chi connectivity index (χ0) is 15.1. The predicted octanol–water partition coefficient (Wildman–Crippen LogP) is 1.72. The number of hydrogen-bond acceptors (Lipinski definition) is 3. The standard InChI is InChI=1S/C16H21N3O2/c1-2-3-7-15(20)18-9-5-10-19(12-11-18)16(21)14-6-4-8-17-13-14/h3-4,6-8,13H,2,5,9-12H2,1H3/b7-3+. The molecule has 0 aliphatic carbocycles. The highest BCUT2D eigenvalue weighted by Crippen LogP contribution is 2.09.